The van der Waals surface area contributed by atoms with E-state index in [1.807, 2.05) is 42.5 Å². The number of carbonyl (C=O) groups excluding carboxylic acids is 3. The van der Waals surface area contributed by atoms with Gasteiger partial charge in [0.15, 0.2) is 6.61 Å². The molecule has 27 heavy (non-hydrogen) atoms. The number of amides is 2. The van der Waals surface area contributed by atoms with Crippen molar-refractivity contribution in [3.8, 4) is 0 Å². The van der Waals surface area contributed by atoms with Crippen LogP contribution in [0, 0.1) is 0 Å². The smallest absolute Gasteiger partial charge is 0.325 e. The van der Waals surface area contributed by atoms with E-state index in [0.29, 0.717) is 11.6 Å². The third-order valence-corrected chi connectivity index (χ3v) is 3.86. The molecule has 6 heteroatoms. The molecule has 142 valence electrons. The quantitative estimate of drug-likeness (QED) is 0.702. The van der Waals surface area contributed by atoms with Crippen LogP contribution in [0.15, 0.2) is 54.6 Å². The van der Waals surface area contributed by atoms with Crippen molar-refractivity contribution in [2.45, 2.75) is 26.2 Å². The first-order valence-corrected chi connectivity index (χ1v) is 8.80. The molecule has 0 radical (unpaired) electrons. The summed E-state index contributed by atoms with van der Waals surface area (Å²) in [7, 11) is 0. The molecule has 0 aliphatic rings. The summed E-state index contributed by atoms with van der Waals surface area (Å²) >= 11 is 0. The van der Waals surface area contributed by atoms with Crippen molar-refractivity contribution >= 4 is 23.5 Å². The number of hydrogen-bond donors (Lipinski definition) is 2. The van der Waals surface area contributed by atoms with Gasteiger partial charge in [0.2, 0.25) is 5.91 Å². The zero-order valence-corrected chi connectivity index (χ0v) is 15.5. The first-order valence-electron chi connectivity index (χ1n) is 8.80. The standard InChI is InChI=1S/C21H24N2O4/c1-15(2)17-8-10-18(11-9-17)23-20(25)14-27-21(26)13-22-19(24)12-16-6-4-3-5-7-16/h3-11,15H,12-14H2,1-2H3,(H,22,24)(H,23,25). The first kappa shape index (κ1) is 20.2. The van der Waals surface area contributed by atoms with Gasteiger partial charge in [-0.3, -0.25) is 14.4 Å². The molecule has 0 aliphatic carbocycles. The largest absolute Gasteiger partial charge is 0.454 e. The van der Waals surface area contributed by atoms with Crippen LogP contribution in [0.25, 0.3) is 0 Å². The number of anilines is 1. The van der Waals surface area contributed by atoms with Crippen molar-refractivity contribution in [1.29, 1.82) is 0 Å². The highest BCUT2D eigenvalue weighted by Gasteiger charge is 2.10. The van der Waals surface area contributed by atoms with Crippen LogP contribution in [0.5, 0.6) is 0 Å². The van der Waals surface area contributed by atoms with Gasteiger partial charge in [-0.15, -0.1) is 0 Å². The molecule has 2 aromatic rings. The second-order valence-electron chi connectivity index (χ2n) is 6.42. The topological polar surface area (TPSA) is 84.5 Å². The molecule has 2 aromatic carbocycles. The van der Waals surface area contributed by atoms with Crippen LogP contribution in [-0.2, 0) is 25.5 Å². The number of esters is 1. The van der Waals surface area contributed by atoms with Crippen LogP contribution in [-0.4, -0.2) is 30.9 Å². The fourth-order valence-corrected chi connectivity index (χ4v) is 2.36. The minimum atomic E-state index is -0.665. The first-order chi connectivity index (χ1) is 12.9. The van der Waals surface area contributed by atoms with E-state index in [0.717, 1.165) is 5.56 Å². The van der Waals surface area contributed by atoms with Gasteiger partial charge in [-0.2, -0.15) is 0 Å². The maximum Gasteiger partial charge on any atom is 0.325 e. The Kier molecular flexibility index (Phi) is 7.55. The van der Waals surface area contributed by atoms with Gasteiger partial charge in [-0.25, -0.2) is 0 Å². The van der Waals surface area contributed by atoms with Crippen molar-refractivity contribution in [2.75, 3.05) is 18.5 Å². The molecule has 0 saturated carbocycles. The second kappa shape index (κ2) is 10.1. The lowest BCUT2D eigenvalue weighted by molar-refractivity contribution is -0.147. The maximum atomic E-state index is 11.8. The summed E-state index contributed by atoms with van der Waals surface area (Å²) in [5.74, 6) is -0.973. The summed E-state index contributed by atoms with van der Waals surface area (Å²) in [5.41, 5.74) is 2.66. The lowest BCUT2D eigenvalue weighted by atomic mass is 10.0. The van der Waals surface area contributed by atoms with E-state index in [1.165, 1.54) is 5.56 Å². The molecule has 2 rings (SSSR count). The van der Waals surface area contributed by atoms with Gasteiger partial charge in [0.05, 0.1) is 6.42 Å². The van der Waals surface area contributed by atoms with E-state index in [1.54, 1.807) is 12.1 Å². The number of ether oxygens (including phenoxy) is 1. The van der Waals surface area contributed by atoms with Gasteiger partial charge in [-0.05, 0) is 29.2 Å². The molecule has 0 heterocycles. The summed E-state index contributed by atoms with van der Waals surface area (Å²) in [6, 6.07) is 16.7. The normalized spacial score (nSPS) is 10.3. The molecule has 0 fully saturated rings. The summed E-state index contributed by atoms with van der Waals surface area (Å²) in [4.78, 5) is 35.3. The molecule has 0 spiro atoms. The van der Waals surface area contributed by atoms with E-state index in [-0.39, 0.29) is 18.9 Å². The Labute approximate surface area is 158 Å². The average Bonchev–Trinajstić information content (AvgIpc) is 2.66. The SMILES string of the molecule is CC(C)c1ccc(NC(=O)COC(=O)CNC(=O)Cc2ccccc2)cc1. The molecule has 0 aromatic heterocycles. The lowest BCUT2D eigenvalue weighted by Crippen LogP contribution is -2.33. The summed E-state index contributed by atoms with van der Waals surface area (Å²) in [5, 5.41) is 5.13. The molecule has 0 bridgehead atoms. The van der Waals surface area contributed by atoms with Crippen LogP contribution < -0.4 is 10.6 Å². The van der Waals surface area contributed by atoms with Crippen LogP contribution >= 0.6 is 0 Å². The zero-order valence-electron chi connectivity index (χ0n) is 15.5. The highest BCUT2D eigenvalue weighted by atomic mass is 16.5. The van der Waals surface area contributed by atoms with E-state index < -0.39 is 18.5 Å². The minimum Gasteiger partial charge on any atom is -0.454 e. The molecular weight excluding hydrogens is 344 g/mol. The number of hydrogen-bond acceptors (Lipinski definition) is 4. The molecule has 2 N–H and O–H groups in total. The number of nitrogens with one attached hydrogen (secondary N) is 2. The molecule has 0 atom stereocenters. The molecular formula is C21H24N2O4. The molecule has 0 unspecified atom stereocenters. The van der Waals surface area contributed by atoms with Gasteiger partial charge in [0.25, 0.3) is 5.91 Å². The average molecular weight is 368 g/mol. The number of carbonyl (C=O) groups is 3. The van der Waals surface area contributed by atoms with Crippen LogP contribution in [0.3, 0.4) is 0 Å². The van der Waals surface area contributed by atoms with E-state index in [9.17, 15) is 14.4 Å². The Morgan fingerprint density at radius 1 is 0.926 bits per heavy atom. The van der Waals surface area contributed by atoms with Gasteiger partial charge >= 0.3 is 5.97 Å². The summed E-state index contributed by atoms with van der Waals surface area (Å²) in [6.45, 7) is 3.50. The van der Waals surface area contributed by atoms with Crippen molar-refractivity contribution in [3.05, 3.63) is 65.7 Å². The fourth-order valence-electron chi connectivity index (χ4n) is 2.36. The van der Waals surface area contributed by atoms with Crippen molar-refractivity contribution in [1.82, 2.24) is 5.32 Å². The van der Waals surface area contributed by atoms with Gasteiger partial charge in [0.1, 0.15) is 6.54 Å². The molecule has 2 amide bonds. The Morgan fingerprint density at radius 2 is 1.59 bits per heavy atom. The molecule has 6 nitrogen and oxygen atoms in total. The van der Waals surface area contributed by atoms with E-state index in [2.05, 4.69) is 24.5 Å². The molecule has 0 aliphatic heterocycles. The Balaban J connectivity index is 1.67. The van der Waals surface area contributed by atoms with Crippen molar-refractivity contribution < 1.29 is 19.1 Å². The highest BCUT2D eigenvalue weighted by Crippen LogP contribution is 2.16. The van der Waals surface area contributed by atoms with Gasteiger partial charge in [-0.1, -0.05) is 56.3 Å². The highest BCUT2D eigenvalue weighted by molar-refractivity contribution is 5.93. The predicted molar refractivity (Wildman–Crippen MR) is 103 cm³/mol. The third kappa shape index (κ3) is 7.32. The summed E-state index contributed by atoms with van der Waals surface area (Å²) < 4.78 is 4.87. The van der Waals surface area contributed by atoms with Crippen molar-refractivity contribution in [3.63, 3.8) is 0 Å². The zero-order chi connectivity index (χ0) is 19.6. The van der Waals surface area contributed by atoms with Crippen molar-refractivity contribution in [2.24, 2.45) is 0 Å². The van der Waals surface area contributed by atoms with E-state index >= 15 is 0 Å². The van der Waals surface area contributed by atoms with Gasteiger partial charge in [0, 0.05) is 5.69 Å². The van der Waals surface area contributed by atoms with Gasteiger partial charge < -0.3 is 15.4 Å². The van der Waals surface area contributed by atoms with Crippen LogP contribution in [0.1, 0.15) is 30.9 Å². The van der Waals surface area contributed by atoms with Crippen LogP contribution in [0.4, 0.5) is 5.69 Å². The summed E-state index contributed by atoms with van der Waals surface area (Å²) in [6.07, 6.45) is 0.182. The number of benzene rings is 2. The number of rotatable bonds is 8. The fraction of sp³-hybridized carbons (Fsp3) is 0.286. The van der Waals surface area contributed by atoms with E-state index in [4.69, 9.17) is 4.74 Å². The van der Waals surface area contributed by atoms with Crippen LogP contribution in [0.2, 0.25) is 0 Å². The monoisotopic (exact) mass is 368 g/mol. The Morgan fingerprint density at radius 3 is 2.22 bits per heavy atom. The Bertz CT molecular complexity index is 771. The maximum absolute atomic E-state index is 11.8. The lowest BCUT2D eigenvalue weighted by Gasteiger charge is -2.09. The predicted octanol–water partition coefficient (Wildman–Crippen LogP) is 2.65. The second-order valence-corrected chi connectivity index (χ2v) is 6.42. The molecule has 0 saturated heterocycles. The third-order valence-electron chi connectivity index (χ3n) is 3.86. The Hall–Kier alpha value is -3.15. The minimum absolute atomic E-state index is 0.182.